The highest BCUT2D eigenvalue weighted by Crippen LogP contribution is 2.26. The first-order valence-corrected chi connectivity index (χ1v) is 8.20. The number of hydrogen-bond acceptors (Lipinski definition) is 4. The summed E-state index contributed by atoms with van der Waals surface area (Å²) in [7, 11) is 1.31. The molecule has 0 aromatic heterocycles. The number of nitrogens with zero attached hydrogens (tertiary/aromatic N) is 2. The van der Waals surface area contributed by atoms with Crippen LogP contribution in [0.2, 0.25) is 0 Å². The summed E-state index contributed by atoms with van der Waals surface area (Å²) in [6.45, 7) is 2.61. The minimum atomic E-state index is -0.622. The molecule has 2 aliphatic rings. The molecule has 0 spiro atoms. The van der Waals surface area contributed by atoms with Gasteiger partial charge < -0.3 is 9.47 Å². The maximum Gasteiger partial charge on any atom is 0.433 e. The van der Waals surface area contributed by atoms with Crippen LogP contribution in [0.3, 0.4) is 0 Å². The smallest absolute Gasteiger partial charge is 0.433 e. The molecule has 1 saturated heterocycles. The zero-order valence-corrected chi connectivity index (χ0v) is 14.3. The SMILES string of the molecule is COC(=O)/N=C1\C=CC=C\C1=C1/CCOC1=N[C@@H](C)c1ccccc1. The van der Waals surface area contributed by atoms with E-state index in [9.17, 15) is 4.79 Å². The van der Waals surface area contributed by atoms with Gasteiger partial charge in [-0.15, -0.1) is 0 Å². The molecule has 1 aromatic rings. The second-order valence-corrected chi connectivity index (χ2v) is 5.70. The number of carbonyl (C=O) groups is 1. The Morgan fingerprint density at radius 2 is 1.96 bits per heavy atom. The molecule has 1 aliphatic carbocycles. The van der Waals surface area contributed by atoms with Gasteiger partial charge >= 0.3 is 6.09 Å². The van der Waals surface area contributed by atoms with E-state index in [1.807, 2.05) is 55.5 Å². The van der Waals surface area contributed by atoms with Crippen LogP contribution in [0, 0.1) is 0 Å². The van der Waals surface area contributed by atoms with Crippen LogP contribution >= 0.6 is 0 Å². The molecule has 1 aliphatic heterocycles. The van der Waals surface area contributed by atoms with Gasteiger partial charge in [0.25, 0.3) is 0 Å². The molecule has 1 heterocycles. The summed E-state index contributed by atoms with van der Waals surface area (Å²) in [6.07, 6.45) is 7.57. The van der Waals surface area contributed by atoms with Crippen molar-refractivity contribution in [1.29, 1.82) is 0 Å². The van der Waals surface area contributed by atoms with Crippen LogP contribution < -0.4 is 0 Å². The average Bonchev–Trinajstić information content (AvgIpc) is 3.10. The molecule has 3 rings (SSSR count). The lowest BCUT2D eigenvalue weighted by Gasteiger charge is -2.12. The Hall–Kier alpha value is -2.95. The number of hydrogen-bond donors (Lipinski definition) is 0. The highest BCUT2D eigenvalue weighted by Gasteiger charge is 2.24. The van der Waals surface area contributed by atoms with Gasteiger partial charge in [-0.2, -0.15) is 4.99 Å². The quantitative estimate of drug-likeness (QED) is 0.813. The van der Waals surface area contributed by atoms with Crippen molar-refractivity contribution in [3.63, 3.8) is 0 Å². The van der Waals surface area contributed by atoms with E-state index < -0.39 is 6.09 Å². The number of benzene rings is 1. The van der Waals surface area contributed by atoms with E-state index in [1.165, 1.54) is 7.11 Å². The van der Waals surface area contributed by atoms with Crippen molar-refractivity contribution in [3.05, 3.63) is 71.3 Å². The van der Waals surface area contributed by atoms with E-state index >= 15 is 0 Å². The van der Waals surface area contributed by atoms with Gasteiger partial charge in [0.15, 0.2) is 0 Å². The van der Waals surface area contributed by atoms with Gasteiger partial charge in [0.1, 0.15) is 0 Å². The molecular formula is C20H20N2O3. The van der Waals surface area contributed by atoms with E-state index in [0.717, 1.165) is 23.1 Å². The topological polar surface area (TPSA) is 60.2 Å². The van der Waals surface area contributed by atoms with E-state index in [-0.39, 0.29) is 6.04 Å². The van der Waals surface area contributed by atoms with E-state index in [1.54, 1.807) is 6.08 Å². The minimum Gasteiger partial charge on any atom is -0.477 e. The van der Waals surface area contributed by atoms with Crippen molar-refractivity contribution >= 4 is 17.7 Å². The number of amides is 1. The Labute approximate surface area is 147 Å². The molecular weight excluding hydrogens is 316 g/mol. The highest BCUT2D eigenvalue weighted by molar-refractivity contribution is 6.18. The van der Waals surface area contributed by atoms with Crippen molar-refractivity contribution in [1.82, 2.24) is 0 Å². The van der Waals surface area contributed by atoms with Gasteiger partial charge in [0.2, 0.25) is 5.90 Å². The molecule has 1 amide bonds. The molecule has 0 N–H and O–H groups in total. The van der Waals surface area contributed by atoms with E-state index in [4.69, 9.17) is 9.73 Å². The molecule has 0 saturated carbocycles. The van der Waals surface area contributed by atoms with Gasteiger partial charge in [-0.1, -0.05) is 48.6 Å². The lowest BCUT2D eigenvalue weighted by molar-refractivity contribution is 0.182. The summed E-state index contributed by atoms with van der Waals surface area (Å²) >= 11 is 0. The normalized spacial score (nSPS) is 23.8. The zero-order chi connectivity index (χ0) is 17.6. The van der Waals surface area contributed by atoms with Crippen LogP contribution in [-0.2, 0) is 9.47 Å². The number of carbonyl (C=O) groups excluding carboxylic acids is 1. The van der Waals surface area contributed by atoms with Gasteiger partial charge in [-0.25, -0.2) is 9.79 Å². The molecule has 5 nitrogen and oxygen atoms in total. The van der Waals surface area contributed by atoms with Crippen molar-refractivity contribution in [2.45, 2.75) is 19.4 Å². The van der Waals surface area contributed by atoms with Crippen LogP contribution in [0.1, 0.15) is 24.9 Å². The maximum atomic E-state index is 11.5. The minimum absolute atomic E-state index is 0.0194. The Morgan fingerprint density at radius 1 is 1.20 bits per heavy atom. The Kier molecular flexibility index (Phi) is 5.23. The first kappa shape index (κ1) is 16.9. The second kappa shape index (κ2) is 7.75. The molecule has 0 radical (unpaired) electrons. The molecule has 25 heavy (non-hydrogen) atoms. The molecule has 1 fully saturated rings. The predicted molar refractivity (Wildman–Crippen MR) is 98.0 cm³/mol. The molecule has 0 bridgehead atoms. The van der Waals surface area contributed by atoms with Crippen LogP contribution in [-0.4, -0.2) is 31.4 Å². The number of allylic oxidation sites excluding steroid dienone is 5. The fourth-order valence-corrected chi connectivity index (χ4v) is 2.76. The third kappa shape index (κ3) is 3.94. The first-order valence-electron chi connectivity index (χ1n) is 8.20. The van der Waals surface area contributed by atoms with Crippen LogP contribution in [0.25, 0.3) is 0 Å². The van der Waals surface area contributed by atoms with Crippen molar-refractivity contribution < 1.29 is 14.3 Å². The summed E-state index contributed by atoms with van der Waals surface area (Å²) in [5.41, 5.74) is 3.50. The van der Waals surface area contributed by atoms with Gasteiger partial charge in [0, 0.05) is 17.6 Å². The lowest BCUT2D eigenvalue weighted by Crippen LogP contribution is -2.11. The molecule has 0 unspecified atom stereocenters. The third-order valence-corrected chi connectivity index (χ3v) is 4.06. The first-order chi connectivity index (χ1) is 12.2. The molecule has 1 atom stereocenters. The molecule has 1 aromatic carbocycles. The molecule has 128 valence electrons. The van der Waals surface area contributed by atoms with Crippen LogP contribution in [0.4, 0.5) is 4.79 Å². The zero-order valence-electron chi connectivity index (χ0n) is 14.3. The summed E-state index contributed by atoms with van der Waals surface area (Å²) in [5, 5.41) is 0. The number of methoxy groups -OCH3 is 1. The highest BCUT2D eigenvalue weighted by atomic mass is 16.5. The van der Waals surface area contributed by atoms with Gasteiger partial charge in [-0.05, 0) is 18.6 Å². The van der Waals surface area contributed by atoms with Gasteiger partial charge in [-0.3, -0.25) is 0 Å². The molecule has 5 heteroatoms. The Balaban J connectivity index is 1.96. The third-order valence-electron chi connectivity index (χ3n) is 4.06. The van der Waals surface area contributed by atoms with E-state index in [0.29, 0.717) is 18.2 Å². The average molecular weight is 336 g/mol. The fraction of sp³-hybridized carbons (Fsp3) is 0.250. The summed E-state index contributed by atoms with van der Waals surface area (Å²) in [4.78, 5) is 20.3. The monoisotopic (exact) mass is 336 g/mol. The lowest BCUT2D eigenvalue weighted by atomic mass is 9.98. The van der Waals surface area contributed by atoms with Crippen molar-refractivity contribution in [2.75, 3.05) is 13.7 Å². The largest absolute Gasteiger partial charge is 0.477 e. The summed E-state index contributed by atoms with van der Waals surface area (Å²) in [5.74, 6) is 0.615. The fourth-order valence-electron chi connectivity index (χ4n) is 2.76. The number of aliphatic imine (C=N–C) groups is 2. The Bertz CT molecular complexity index is 801. The summed E-state index contributed by atoms with van der Waals surface area (Å²) < 4.78 is 10.4. The second-order valence-electron chi connectivity index (χ2n) is 5.70. The van der Waals surface area contributed by atoms with E-state index in [2.05, 4.69) is 9.73 Å². The maximum absolute atomic E-state index is 11.5. The van der Waals surface area contributed by atoms with Gasteiger partial charge in [0.05, 0.1) is 25.5 Å². The van der Waals surface area contributed by atoms with Crippen molar-refractivity contribution in [2.24, 2.45) is 9.98 Å². The van der Waals surface area contributed by atoms with Crippen molar-refractivity contribution in [3.8, 4) is 0 Å². The van der Waals surface area contributed by atoms with Crippen LogP contribution in [0.5, 0.6) is 0 Å². The summed E-state index contributed by atoms with van der Waals surface area (Å²) in [6, 6.07) is 10.0. The number of ether oxygens (including phenoxy) is 2. The predicted octanol–water partition coefficient (Wildman–Crippen LogP) is 4.20. The standard InChI is InChI=1S/C20H20N2O3/c1-14(15-8-4-3-5-9-15)21-19-17(12-13-25-19)16-10-6-7-11-18(16)22-20(23)24-2/h3-11,14H,12-13H2,1-2H3/b17-16-,21-19?,22-18+/t14-/m0/s1. The Morgan fingerprint density at radius 3 is 2.72 bits per heavy atom. The van der Waals surface area contributed by atoms with Crippen LogP contribution in [0.15, 0.2) is 75.8 Å². The number of rotatable bonds is 2.